The van der Waals surface area contributed by atoms with E-state index < -0.39 is 0 Å². The third-order valence-corrected chi connectivity index (χ3v) is 5.68. The Labute approximate surface area is 171 Å². The van der Waals surface area contributed by atoms with E-state index in [1.165, 1.54) is 116 Å². The predicted octanol–water partition coefficient (Wildman–Crippen LogP) is 8.21. The minimum atomic E-state index is 0.0772. The normalized spacial score (nSPS) is 12.6. The maximum absolute atomic E-state index is 9.46. The lowest BCUT2D eigenvalue weighted by Crippen LogP contribution is -2.18. The van der Waals surface area contributed by atoms with E-state index in [1.54, 1.807) is 0 Å². The van der Waals surface area contributed by atoms with Gasteiger partial charge in [0.15, 0.2) is 0 Å². The summed E-state index contributed by atoms with van der Waals surface area (Å²) in [4.78, 5) is 0. The Balaban J connectivity index is 3.25. The van der Waals surface area contributed by atoms with Gasteiger partial charge in [-0.25, -0.2) is 0 Å². The highest BCUT2D eigenvalue weighted by atomic mass is 16.5. The Morgan fingerprint density at radius 3 is 1.30 bits per heavy atom. The summed E-state index contributed by atoms with van der Waals surface area (Å²) in [7, 11) is 0. The zero-order valence-electron chi connectivity index (χ0n) is 19.0. The maximum atomic E-state index is 9.46. The molecule has 0 aromatic rings. The van der Waals surface area contributed by atoms with Crippen molar-refractivity contribution in [3.63, 3.8) is 0 Å². The first kappa shape index (κ1) is 26.9. The van der Waals surface area contributed by atoms with Crippen molar-refractivity contribution in [3.05, 3.63) is 0 Å². The third kappa shape index (κ3) is 22.1. The molecular formula is C25H52O2. The number of rotatable bonds is 23. The molecule has 0 aromatic heterocycles. The molecular weight excluding hydrogens is 332 g/mol. The van der Waals surface area contributed by atoms with Crippen LogP contribution in [0.5, 0.6) is 0 Å². The fraction of sp³-hybridized carbons (Fsp3) is 1.00. The van der Waals surface area contributed by atoms with Gasteiger partial charge in [-0.3, -0.25) is 0 Å². The zero-order chi connectivity index (χ0) is 19.8. The van der Waals surface area contributed by atoms with Crippen molar-refractivity contribution in [2.45, 2.75) is 148 Å². The Hall–Kier alpha value is -0.0800. The summed E-state index contributed by atoms with van der Waals surface area (Å²) in [5, 5.41) is 9.46. The van der Waals surface area contributed by atoms with E-state index in [4.69, 9.17) is 4.74 Å². The van der Waals surface area contributed by atoms with E-state index in [0.717, 1.165) is 19.4 Å². The molecule has 0 aromatic carbocycles. The molecule has 0 aliphatic rings. The molecule has 164 valence electrons. The van der Waals surface area contributed by atoms with Crippen LogP contribution in [0.15, 0.2) is 0 Å². The molecule has 0 fully saturated rings. The molecule has 1 N–H and O–H groups in total. The summed E-state index contributed by atoms with van der Waals surface area (Å²) in [6.07, 6.45) is 27.0. The molecule has 1 unspecified atom stereocenters. The molecule has 0 saturated heterocycles. The van der Waals surface area contributed by atoms with Crippen molar-refractivity contribution < 1.29 is 9.84 Å². The van der Waals surface area contributed by atoms with Crippen LogP contribution in [-0.4, -0.2) is 24.4 Å². The summed E-state index contributed by atoms with van der Waals surface area (Å²) < 4.78 is 5.85. The van der Waals surface area contributed by atoms with Crippen LogP contribution in [0.1, 0.15) is 142 Å². The van der Waals surface area contributed by atoms with Crippen molar-refractivity contribution in [2.75, 3.05) is 13.2 Å². The van der Waals surface area contributed by atoms with Gasteiger partial charge in [0.2, 0.25) is 0 Å². The van der Waals surface area contributed by atoms with Crippen LogP contribution in [0.3, 0.4) is 0 Å². The van der Waals surface area contributed by atoms with Crippen LogP contribution >= 0.6 is 0 Å². The van der Waals surface area contributed by atoms with Crippen LogP contribution < -0.4 is 0 Å². The first-order valence-corrected chi connectivity index (χ1v) is 12.6. The van der Waals surface area contributed by atoms with Crippen LogP contribution in [0, 0.1) is 0 Å². The van der Waals surface area contributed by atoms with Gasteiger partial charge in [-0.1, -0.05) is 129 Å². The number of hydrogen-bond acceptors (Lipinski definition) is 2. The molecule has 0 spiro atoms. The SMILES string of the molecule is CCCCCCCCCCCCCCCC(CO)OCCCCCCCC. The minimum Gasteiger partial charge on any atom is -0.394 e. The van der Waals surface area contributed by atoms with Gasteiger partial charge in [0.25, 0.3) is 0 Å². The van der Waals surface area contributed by atoms with Gasteiger partial charge in [0.05, 0.1) is 12.7 Å². The summed E-state index contributed by atoms with van der Waals surface area (Å²) in [5.74, 6) is 0. The number of unbranched alkanes of at least 4 members (excludes halogenated alkanes) is 17. The minimum absolute atomic E-state index is 0.0772. The van der Waals surface area contributed by atoms with Crippen LogP contribution in [0.2, 0.25) is 0 Å². The predicted molar refractivity (Wildman–Crippen MR) is 121 cm³/mol. The molecule has 0 aliphatic carbocycles. The molecule has 0 heterocycles. The van der Waals surface area contributed by atoms with E-state index in [-0.39, 0.29) is 12.7 Å². The topological polar surface area (TPSA) is 29.5 Å². The Morgan fingerprint density at radius 2 is 0.889 bits per heavy atom. The molecule has 0 rings (SSSR count). The molecule has 27 heavy (non-hydrogen) atoms. The van der Waals surface area contributed by atoms with Crippen molar-refractivity contribution >= 4 is 0 Å². The van der Waals surface area contributed by atoms with Gasteiger partial charge in [0.1, 0.15) is 0 Å². The Kier molecular flexibility index (Phi) is 23.9. The molecule has 0 aliphatic heterocycles. The highest BCUT2D eigenvalue weighted by molar-refractivity contribution is 4.57. The fourth-order valence-corrected chi connectivity index (χ4v) is 3.75. The quantitative estimate of drug-likeness (QED) is 0.180. The summed E-state index contributed by atoms with van der Waals surface area (Å²) in [5.41, 5.74) is 0. The van der Waals surface area contributed by atoms with Gasteiger partial charge in [-0.15, -0.1) is 0 Å². The second-order valence-corrected chi connectivity index (χ2v) is 8.47. The first-order chi connectivity index (χ1) is 13.3. The van der Waals surface area contributed by atoms with Crippen molar-refractivity contribution in [1.29, 1.82) is 0 Å². The average molecular weight is 385 g/mol. The number of aliphatic hydroxyl groups excluding tert-OH is 1. The molecule has 1 atom stereocenters. The van der Waals surface area contributed by atoms with E-state index >= 15 is 0 Å². The zero-order valence-corrected chi connectivity index (χ0v) is 19.0. The Morgan fingerprint density at radius 1 is 0.519 bits per heavy atom. The molecule has 0 bridgehead atoms. The van der Waals surface area contributed by atoms with E-state index in [0.29, 0.717) is 0 Å². The largest absolute Gasteiger partial charge is 0.394 e. The lowest BCUT2D eigenvalue weighted by Gasteiger charge is -2.15. The summed E-state index contributed by atoms with van der Waals surface area (Å²) in [6.45, 7) is 5.56. The molecule has 2 heteroatoms. The molecule has 0 amide bonds. The second-order valence-electron chi connectivity index (χ2n) is 8.47. The number of aliphatic hydroxyl groups is 1. The number of ether oxygens (including phenoxy) is 1. The highest BCUT2D eigenvalue weighted by Gasteiger charge is 2.07. The molecule has 2 nitrogen and oxygen atoms in total. The van der Waals surface area contributed by atoms with Gasteiger partial charge in [0, 0.05) is 6.61 Å². The maximum Gasteiger partial charge on any atom is 0.0805 e. The molecule has 0 saturated carbocycles. The average Bonchev–Trinajstić information content (AvgIpc) is 2.69. The van der Waals surface area contributed by atoms with Gasteiger partial charge in [-0.2, -0.15) is 0 Å². The highest BCUT2D eigenvalue weighted by Crippen LogP contribution is 2.14. The van der Waals surface area contributed by atoms with E-state index in [1.807, 2.05) is 0 Å². The summed E-state index contributed by atoms with van der Waals surface area (Å²) >= 11 is 0. The smallest absolute Gasteiger partial charge is 0.0805 e. The van der Waals surface area contributed by atoms with Crippen LogP contribution in [-0.2, 0) is 4.74 Å². The number of hydrogen-bond donors (Lipinski definition) is 1. The fourth-order valence-electron chi connectivity index (χ4n) is 3.75. The van der Waals surface area contributed by atoms with Crippen molar-refractivity contribution in [1.82, 2.24) is 0 Å². The van der Waals surface area contributed by atoms with Crippen molar-refractivity contribution in [3.8, 4) is 0 Å². The van der Waals surface area contributed by atoms with Crippen molar-refractivity contribution in [2.24, 2.45) is 0 Å². The molecule has 0 radical (unpaired) electrons. The van der Waals surface area contributed by atoms with E-state index in [2.05, 4.69) is 13.8 Å². The van der Waals surface area contributed by atoms with Gasteiger partial charge < -0.3 is 9.84 Å². The first-order valence-electron chi connectivity index (χ1n) is 12.6. The third-order valence-electron chi connectivity index (χ3n) is 5.68. The monoisotopic (exact) mass is 384 g/mol. The standard InChI is InChI=1S/C25H52O2/c1-3-5-7-9-11-12-13-14-15-16-17-18-20-22-25(24-26)27-23-21-19-10-8-6-4-2/h25-26H,3-24H2,1-2H3. The second kappa shape index (κ2) is 24.0. The van der Waals surface area contributed by atoms with Gasteiger partial charge in [-0.05, 0) is 12.8 Å². The Bertz CT molecular complexity index is 255. The van der Waals surface area contributed by atoms with Gasteiger partial charge >= 0.3 is 0 Å². The van der Waals surface area contributed by atoms with E-state index in [9.17, 15) is 5.11 Å². The van der Waals surface area contributed by atoms with Crippen LogP contribution in [0.4, 0.5) is 0 Å². The lowest BCUT2D eigenvalue weighted by atomic mass is 10.0. The van der Waals surface area contributed by atoms with Crippen LogP contribution in [0.25, 0.3) is 0 Å². The summed E-state index contributed by atoms with van der Waals surface area (Å²) in [6, 6.07) is 0. The lowest BCUT2D eigenvalue weighted by molar-refractivity contribution is 0.00497.